The van der Waals surface area contributed by atoms with Crippen molar-refractivity contribution in [2.75, 3.05) is 20.8 Å². The maximum atomic E-state index is 5.92. The zero-order valence-corrected chi connectivity index (χ0v) is 13.4. The molecular weight excluding hydrogens is 264 g/mol. The number of hydrogen-bond donors (Lipinski definition) is 2. The minimum atomic E-state index is 0.239. The van der Waals surface area contributed by atoms with Crippen molar-refractivity contribution < 1.29 is 9.47 Å². The summed E-state index contributed by atoms with van der Waals surface area (Å²) in [5.41, 5.74) is 7.09. The molecule has 4 nitrogen and oxygen atoms in total. The number of nitrogens with one attached hydrogen (secondary N) is 1. The van der Waals surface area contributed by atoms with Crippen molar-refractivity contribution >= 4 is 0 Å². The third-order valence-corrected chi connectivity index (χ3v) is 4.58. The molecule has 3 atom stereocenters. The van der Waals surface area contributed by atoms with Crippen molar-refractivity contribution in [2.24, 2.45) is 11.7 Å². The van der Waals surface area contributed by atoms with Crippen LogP contribution in [-0.4, -0.2) is 26.8 Å². The van der Waals surface area contributed by atoms with E-state index in [1.807, 2.05) is 12.1 Å². The third kappa shape index (κ3) is 3.89. The number of nitrogens with two attached hydrogens (primary N) is 1. The highest BCUT2D eigenvalue weighted by Gasteiger charge is 2.26. The Morgan fingerprint density at radius 3 is 2.67 bits per heavy atom. The first-order chi connectivity index (χ1) is 10.2. The molecule has 0 spiro atoms. The Bertz CT molecular complexity index is 450. The van der Waals surface area contributed by atoms with Crippen LogP contribution in [0.3, 0.4) is 0 Å². The molecule has 2 rings (SSSR count). The van der Waals surface area contributed by atoms with Gasteiger partial charge in [0.25, 0.3) is 0 Å². The highest BCUT2D eigenvalue weighted by Crippen LogP contribution is 2.31. The first-order valence-electron chi connectivity index (χ1n) is 7.87. The molecule has 0 saturated heterocycles. The van der Waals surface area contributed by atoms with Crippen LogP contribution in [0.5, 0.6) is 11.5 Å². The Labute approximate surface area is 128 Å². The van der Waals surface area contributed by atoms with E-state index in [-0.39, 0.29) is 6.04 Å². The fraction of sp³-hybridized carbons (Fsp3) is 0.647. The van der Waals surface area contributed by atoms with E-state index in [1.54, 1.807) is 14.2 Å². The van der Waals surface area contributed by atoms with Gasteiger partial charge in [0.05, 0.1) is 14.2 Å². The van der Waals surface area contributed by atoms with Crippen LogP contribution in [0.4, 0.5) is 0 Å². The molecule has 3 unspecified atom stereocenters. The summed E-state index contributed by atoms with van der Waals surface area (Å²) in [4.78, 5) is 0. The molecule has 118 valence electrons. The van der Waals surface area contributed by atoms with Crippen molar-refractivity contribution in [3.8, 4) is 11.5 Å². The normalized spacial score (nSPS) is 23.6. The van der Waals surface area contributed by atoms with Gasteiger partial charge in [-0.1, -0.05) is 18.9 Å². The van der Waals surface area contributed by atoms with Gasteiger partial charge < -0.3 is 20.5 Å². The second-order valence-corrected chi connectivity index (χ2v) is 5.88. The average molecular weight is 292 g/mol. The number of ether oxygens (including phenoxy) is 2. The second kappa shape index (κ2) is 7.66. The minimum Gasteiger partial charge on any atom is -0.497 e. The molecule has 0 heterocycles. The predicted molar refractivity (Wildman–Crippen MR) is 85.9 cm³/mol. The molecule has 21 heavy (non-hydrogen) atoms. The Morgan fingerprint density at radius 2 is 2.00 bits per heavy atom. The van der Waals surface area contributed by atoms with Crippen molar-refractivity contribution in [2.45, 2.75) is 44.7 Å². The lowest BCUT2D eigenvalue weighted by atomic mass is 9.84. The molecule has 1 fully saturated rings. The zero-order valence-electron chi connectivity index (χ0n) is 13.4. The Kier molecular flexibility index (Phi) is 5.88. The first kappa shape index (κ1) is 16.1. The van der Waals surface area contributed by atoms with Gasteiger partial charge >= 0.3 is 0 Å². The summed E-state index contributed by atoms with van der Waals surface area (Å²) < 4.78 is 10.8. The molecular formula is C17H28N2O2. The lowest BCUT2D eigenvalue weighted by Gasteiger charge is -2.34. The van der Waals surface area contributed by atoms with E-state index < -0.39 is 0 Å². The Hall–Kier alpha value is -1.26. The van der Waals surface area contributed by atoms with Crippen LogP contribution < -0.4 is 20.5 Å². The van der Waals surface area contributed by atoms with Crippen LogP contribution in [0.2, 0.25) is 0 Å². The van der Waals surface area contributed by atoms with Crippen LogP contribution in [0.1, 0.15) is 44.2 Å². The van der Waals surface area contributed by atoms with Gasteiger partial charge in [-0.2, -0.15) is 0 Å². The first-order valence-corrected chi connectivity index (χ1v) is 7.87. The molecule has 0 aromatic heterocycles. The predicted octanol–water partition coefficient (Wildman–Crippen LogP) is 2.87. The molecule has 1 aliphatic carbocycles. The summed E-state index contributed by atoms with van der Waals surface area (Å²) in [6.07, 6.45) is 5.05. The van der Waals surface area contributed by atoms with E-state index in [2.05, 4.69) is 18.3 Å². The Balaban J connectivity index is 2.10. The van der Waals surface area contributed by atoms with Crippen LogP contribution in [0, 0.1) is 5.92 Å². The molecule has 1 aromatic rings. The lowest BCUT2D eigenvalue weighted by Crippen LogP contribution is -2.42. The van der Waals surface area contributed by atoms with Gasteiger partial charge in [-0.25, -0.2) is 0 Å². The second-order valence-electron chi connectivity index (χ2n) is 5.88. The van der Waals surface area contributed by atoms with Gasteiger partial charge in [0.1, 0.15) is 11.5 Å². The summed E-state index contributed by atoms with van der Waals surface area (Å²) in [5.74, 6) is 2.28. The van der Waals surface area contributed by atoms with Crippen molar-refractivity contribution in [3.05, 3.63) is 23.8 Å². The van der Waals surface area contributed by atoms with Crippen LogP contribution in [0.25, 0.3) is 0 Å². The van der Waals surface area contributed by atoms with Gasteiger partial charge in [-0.05, 0) is 38.3 Å². The van der Waals surface area contributed by atoms with Crippen molar-refractivity contribution in [1.29, 1.82) is 0 Å². The summed E-state index contributed by atoms with van der Waals surface area (Å²) in [6, 6.07) is 6.75. The summed E-state index contributed by atoms with van der Waals surface area (Å²) in [7, 11) is 3.37. The fourth-order valence-electron chi connectivity index (χ4n) is 3.30. The lowest BCUT2D eigenvalue weighted by molar-refractivity contribution is 0.250. The molecule has 0 amide bonds. The number of rotatable bonds is 6. The molecule has 1 aromatic carbocycles. The van der Waals surface area contributed by atoms with Gasteiger partial charge in [-0.3, -0.25) is 0 Å². The molecule has 1 aliphatic rings. The third-order valence-electron chi connectivity index (χ3n) is 4.58. The molecule has 3 N–H and O–H groups in total. The smallest absolute Gasteiger partial charge is 0.127 e. The van der Waals surface area contributed by atoms with Gasteiger partial charge in [-0.15, -0.1) is 0 Å². The standard InChI is InChI=1S/C17H28N2O2/c1-12(19-16-7-5-4-6-13(16)11-18)15-9-8-14(20-2)10-17(15)21-3/h8-10,12-13,16,19H,4-7,11,18H2,1-3H3. The largest absolute Gasteiger partial charge is 0.497 e. The van der Waals surface area contributed by atoms with E-state index in [0.29, 0.717) is 12.0 Å². The van der Waals surface area contributed by atoms with Crippen LogP contribution in [0.15, 0.2) is 18.2 Å². The molecule has 0 aliphatic heterocycles. The topological polar surface area (TPSA) is 56.5 Å². The van der Waals surface area contributed by atoms with Gasteiger partial charge in [0.2, 0.25) is 0 Å². The summed E-state index contributed by atoms with van der Waals surface area (Å²) in [5, 5.41) is 3.75. The summed E-state index contributed by atoms with van der Waals surface area (Å²) in [6.45, 7) is 2.96. The number of hydrogen-bond acceptors (Lipinski definition) is 4. The molecule has 0 radical (unpaired) electrons. The van der Waals surface area contributed by atoms with E-state index >= 15 is 0 Å². The monoisotopic (exact) mass is 292 g/mol. The van der Waals surface area contributed by atoms with E-state index in [9.17, 15) is 0 Å². The number of benzene rings is 1. The maximum Gasteiger partial charge on any atom is 0.127 e. The van der Waals surface area contributed by atoms with E-state index in [4.69, 9.17) is 15.2 Å². The SMILES string of the molecule is COc1ccc(C(C)NC2CCCCC2CN)c(OC)c1. The minimum absolute atomic E-state index is 0.239. The maximum absolute atomic E-state index is 5.92. The highest BCUT2D eigenvalue weighted by molar-refractivity contribution is 5.42. The fourth-order valence-corrected chi connectivity index (χ4v) is 3.30. The average Bonchev–Trinajstić information content (AvgIpc) is 2.54. The van der Waals surface area contributed by atoms with Crippen molar-refractivity contribution in [1.82, 2.24) is 5.32 Å². The molecule has 4 heteroatoms. The molecule has 1 saturated carbocycles. The van der Waals surface area contributed by atoms with Crippen LogP contribution in [-0.2, 0) is 0 Å². The molecule has 0 bridgehead atoms. The highest BCUT2D eigenvalue weighted by atomic mass is 16.5. The summed E-state index contributed by atoms with van der Waals surface area (Å²) >= 11 is 0. The van der Waals surface area contributed by atoms with E-state index in [0.717, 1.165) is 18.0 Å². The van der Waals surface area contributed by atoms with Gasteiger partial charge in [0, 0.05) is 23.7 Å². The van der Waals surface area contributed by atoms with E-state index in [1.165, 1.54) is 31.2 Å². The quantitative estimate of drug-likeness (QED) is 0.846. The number of methoxy groups -OCH3 is 2. The van der Waals surface area contributed by atoms with Crippen LogP contribution >= 0.6 is 0 Å². The zero-order chi connectivity index (χ0) is 15.2. The van der Waals surface area contributed by atoms with Crippen molar-refractivity contribution in [3.63, 3.8) is 0 Å². The Morgan fingerprint density at radius 1 is 1.24 bits per heavy atom. The van der Waals surface area contributed by atoms with Gasteiger partial charge in [0.15, 0.2) is 0 Å².